The Bertz CT molecular complexity index is 776. The Morgan fingerprint density at radius 2 is 1.86 bits per heavy atom. The van der Waals surface area contributed by atoms with Crippen LogP contribution in [0.5, 0.6) is 0 Å². The van der Waals surface area contributed by atoms with E-state index in [1.54, 1.807) is 11.0 Å². The molecule has 6 nitrogen and oxygen atoms in total. The summed E-state index contributed by atoms with van der Waals surface area (Å²) < 4.78 is 7.32. The summed E-state index contributed by atoms with van der Waals surface area (Å²) >= 11 is 0. The number of hydrogen-bond acceptors (Lipinski definition) is 4. The Morgan fingerprint density at radius 1 is 1.21 bits per heavy atom. The van der Waals surface area contributed by atoms with Gasteiger partial charge in [-0.05, 0) is 50.3 Å². The molecule has 2 heterocycles. The summed E-state index contributed by atoms with van der Waals surface area (Å²) in [6, 6.07) is 3.88. The Morgan fingerprint density at radius 3 is 2.43 bits per heavy atom. The fourth-order valence-electron chi connectivity index (χ4n) is 3.53. The first kappa shape index (κ1) is 21.7. The van der Waals surface area contributed by atoms with Gasteiger partial charge >= 0.3 is 5.97 Å². The minimum atomic E-state index is -0.751. The van der Waals surface area contributed by atoms with Crippen LogP contribution in [0.4, 0.5) is 0 Å². The molecule has 1 aromatic rings. The molecule has 0 saturated carbocycles. The van der Waals surface area contributed by atoms with Crippen molar-refractivity contribution < 1.29 is 14.3 Å². The fraction of sp³-hybridized carbons (Fsp3) is 0.591. The standard InChI is InChI=1S/C22H31N3O3/c1-16(2)14-25-17(3)11-19(18(25)4)12-20(13-23)22(27)28-15-21(26)24-9-7-5-6-8-10-24/h11-12,16H,5-10,14-15H2,1-4H3/b20-12+. The maximum atomic E-state index is 12.3. The van der Waals surface area contributed by atoms with Gasteiger partial charge in [0.05, 0.1) is 0 Å². The van der Waals surface area contributed by atoms with Crippen LogP contribution < -0.4 is 0 Å². The van der Waals surface area contributed by atoms with E-state index in [0.717, 1.165) is 49.2 Å². The number of aromatic nitrogens is 1. The summed E-state index contributed by atoms with van der Waals surface area (Å²) in [5.74, 6) is -0.450. The lowest BCUT2D eigenvalue weighted by Crippen LogP contribution is -2.35. The van der Waals surface area contributed by atoms with Crippen molar-refractivity contribution in [1.29, 1.82) is 5.26 Å². The second-order valence-electron chi connectivity index (χ2n) is 7.87. The van der Waals surface area contributed by atoms with Gasteiger partial charge in [-0.3, -0.25) is 4.79 Å². The minimum absolute atomic E-state index is 0.0894. The van der Waals surface area contributed by atoms with Crippen LogP contribution in [0.25, 0.3) is 6.08 Å². The molecule has 28 heavy (non-hydrogen) atoms. The van der Waals surface area contributed by atoms with E-state index in [2.05, 4.69) is 18.4 Å². The molecular formula is C22H31N3O3. The van der Waals surface area contributed by atoms with E-state index < -0.39 is 5.97 Å². The average Bonchev–Trinajstić information content (AvgIpc) is 2.87. The zero-order chi connectivity index (χ0) is 20.7. The first-order valence-electron chi connectivity index (χ1n) is 10.1. The van der Waals surface area contributed by atoms with E-state index in [1.807, 2.05) is 26.0 Å². The number of rotatable bonds is 6. The highest BCUT2D eigenvalue weighted by atomic mass is 16.5. The summed E-state index contributed by atoms with van der Waals surface area (Å²) in [6.07, 6.45) is 5.77. The number of amides is 1. The smallest absolute Gasteiger partial charge is 0.349 e. The van der Waals surface area contributed by atoms with Crippen molar-refractivity contribution in [3.05, 3.63) is 28.6 Å². The van der Waals surface area contributed by atoms with E-state index in [4.69, 9.17) is 4.74 Å². The Kier molecular flexibility index (Phi) is 7.86. The molecular weight excluding hydrogens is 354 g/mol. The maximum absolute atomic E-state index is 12.3. The van der Waals surface area contributed by atoms with Crippen molar-refractivity contribution in [2.75, 3.05) is 19.7 Å². The zero-order valence-corrected chi connectivity index (χ0v) is 17.5. The summed E-state index contributed by atoms with van der Waals surface area (Å²) in [7, 11) is 0. The summed E-state index contributed by atoms with van der Waals surface area (Å²) in [5, 5.41) is 9.40. The zero-order valence-electron chi connectivity index (χ0n) is 17.5. The number of carbonyl (C=O) groups is 2. The number of esters is 1. The molecule has 0 bridgehead atoms. The van der Waals surface area contributed by atoms with Crippen LogP contribution in [0, 0.1) is 31.1 Å². The number of nitriles is 1. The van der Waals surface area contributed by atoms with Crippen molar-refractivity contribution in [3.63, 3.8) is 0 Å². The van der Waals surface area contributed by atoms with Gasteiger partial charge in [0, 0.05) is 31.0 Å². The number of ether oxygens (including phenoxy) is 1. The van der Waals surface area contributed by atoms with Crippen LogP contribution >= 0.6 is 0 Å². The molecule has 0 aliphatic carbocycles. The lowest BCUT2D eigenvalue weighted by atomic mass is 10.1. The van der Waals surface area contributed by atoms with Crippen LogP contribution in [-0.2, 0) is 20.9 Å². The maximum Gasteiger partial charge on any atom is 0.349 e. The van der Waals surface area contributed by atoms with Crippen LogP contribution in [-0.4, -0.2) is 41.0 Å². The molecule has 0 unspecified atom stereocenters. The van der Waals surface area contributed by atoms with Gasteiger partial charge in [-0.15, -0.1) is 0 Å². The molecule has 0 radical (unpaired) electrons. The van der Waals surface area contributed by atoms with Crippen LogP contribution in [0.2, 0.25) is 0 Å². The van der Waals surface area contributed by atoms with E-state index in [-0.39, 0.29) is 18.1 Å². The van der Waals surface area contributed by atoms with Gasteiger partial charge in [-0.2, -0.15) is 5.26 Å². The van der Waals surface area contributed by atoms with Gasteiger partial charge < -0.3 is 14.2 Å². The molecule has 1 aliphatic heterocycles. The van der Waals surface area contributed by atoms with E-state index in [1.165, 1.54) is 0 Å². The second-order valence-corrected chi connectivity index (χ2v) is 7.87. The highest BCUT2D eigenvalue weighted by molar-refractivity contribution is 5.99. The number of nitrogens with zero attached hydrogens (tertiary/aromatic N) is 3. The predicted octanol–water partition coefficient (Wildman–Crippen LogP) is 3.61. The van der Waals surface area contributed by atoms with Crippen molar-refractivity contribution in [2.45, 2.75) is 59.9 Å². The third-order valence-corrected chi connectivity index (χ3v) is 5.09. The van der Waals surface area contributed by atoms with E-state index in [0.29, 0.717) is 19.0 Å². The predicted molar refractivity (Wildman–Crippen MR) is 108 cm³/mol. The summed E-state index contributed by atoms with van der Waals surface area (Å²) in [6.45, 7) is 10.3. The largest absolute Gasteiger partial charge is 0.451 e. The molecule has 6 heteroatoms. The molecule has 1 fully saturated rings. The topological polar surface area (TPSA) is 75.3 Å². The summed E-state index contributed by atoms with van der Waals surface area (Å²) in [4.78, 5) is 26.3. The molecule has 2 rings (SSSR count). The van der Waals surface area contributed by atoms with Gasteiger partial charge in [0.2, 0.25) is 0 Å². The fourth-order valence-corrected chi connectivity index (χ4v) is 3.53. The lowest BCUT2D eigenvalue weighted by molar-refractivity contribution is -0.148. The van der Waals surface area contributed by atoms with Gasteiger partial charge in [0.25, 0.3) is 5.91 Å². The van der Waals surface area contributed by atoms with Crippen molar-refractivity contribution in [1.82, 2.24) is 9.47 Å². The Hall–Kier alpha value is -2.55. The first-order chi connectivity index (χ1) is 13.3. The normalized spacial score (nSPS) is 15.3. The first-order valence-corrected chi connectivity index (χ1v) is 10.1. The van der Waals surface area contributed by atoms with Crippen molar-refractivity contribution >= 4 is 18.0 Å². The molecule has 0 N–H and O–H groups in total. The molecule has 1 aliphatic rings. The lowest BCUT2D eigenvalue weighted by Gasteiger charge is -2.19. The number of likely N-dealkylation sites (tertiary alicyclic amines) is 1. The van der Waals surface area contributed by atoms with Crippen LogP contribution in [0.3, 0.4) is 0 Å². The van der Waals surface area contributed by atoms with Gasteiger partial charge in [-0.1, -0.05) is 26.7 Å². The van der Waals surface area contributed by atoms with E-state index >= 15 is 0 Å². The molecule has 1 saturated heterocycles. The third kappa shape index (κ3) is 5.72. The van der Waals surface area contributed by atoms with Crippen LogP contribution in [0.1, 0.15) is 56.5 Å². The second kappa shape index (κ2) is 10.1. The Labute approximate surface area is 167 Å². The Balaban J connectivity index is 2.05. The van der Waals surface area contributed by atoms with E-state index in [9.17, 15) is 14.9 Å². The number of aryl methyl sites for hydroxylation is 1. The molecule has 152 valence electrons. The molecule has 0 spiro atoms. The number of hydrogen-bond donors (Lipinski definition) is 0. The van der Waals surface area contributed by atoms with Crippen LogP contribution in [0.15, 0.2) is 11.6 Å². The van der Waals surface area contributed by atoms with Gasteiger partial charge in [0.15, 0.2) is 6.61 Å². The van der Waals surface area contributed by atoms with Gasteiger partial charge in [0.1, 0.15) is 11.6 Å². The summed E-state index contributed by atoms with van der Waals surface area (Å²) in [5.41, 5.74) is 2.82. The average molecular weight is 386 g/mol. The van der Waals surface area contributed by atoms with Gasteiger partial charge in [-0.25, -0.2) is 4.79 Å². The number of carbonyl (C=O) groups excluding carboxylic acids is 2. The molecule has 1 aromatic heterocycles. The quantitative estimate of drug-likeness (QED) is 0.426. The third-order valence-electron chi connectivity index (χ3n) is 5.09. The highest BCUT2D eigenvalue weighted by Crippen LogP contribution is 2.20. The van der Waals surface area contributed by atoms with Crippen molar-refractivity contribution in [2.24, 2.45) is 5.92 Å². The minimum Gasteiger partial charge on any atom is -0.451 e. The van der Waals surface area contributed by atoms with Crippen molar-refractivity contribution in [3.8, 4) is 6.07 Å². The highest BCUT2D eigenvalue weighted by Gasteiger charge is 2.19. The molecule has 0 aromatic carbocycles. The molecule has 0 atom stereocenters. The monoisotopic (exact) mass is 385 g/mol. The molecule has 1 amide bonds. The SMILES string of the molecule is Cc1cc(/C=C(\C#N)C(=O)OCC(=O)N2CCCCCC2)c(C)n1CC(C)C.